The number of nitrogens with zero attached hydrogens (tertiary/aromatic N) is 1. The van der Waals surface area contributed by atoms with Crippen LogP contribution in [-0.4, -0.2) is 0 Å². The molecule has 0 saturated heterocycles. The Balaban J connectivity index is 1.07. The van der Waals surface area contributed by atoms with Crippen molar-refractivity contribution in [2.75, 3.05) is 4.90 Å². The molecule has 1 aromatic heterocycles. The van der Waals surface area contributed by atoms with Crippen LogP contribution >= 0.6 is 11.3 Å². The summed E-state index contributed by atoms with van der Waals surface area (Å²) < 4.78 is 1.35. The summed E-state index contributed by atoms with van der Waals surface area (Å²) in [6.07, 6.45) is 0. The minimum atomic E-state index is -0.339. The number of anilines is 3. The summed E-state index contributed by atoms with van der Waals surface area (Å²) in [5.74, 6) is 0. The van der Waals surface area contributed by atoms with Crippen LogP contribution in [0.1, 0.15) is 22.3 Å². The third kappa shape index (κ3) is 3.97. The van der Waals surface area contributed by atoms with E-state index in [1.165, 1.54) is 81.5 Å². The summed E-state index contributed by atoms with van der Waals surface area (Å²) in [4.78, 5) is 3.78. The number of thiophene rings is 1. The van der Waals surface area contributed by atoms with Crippen molar-refractivity contribution in [2.45, 2.75) is 5.41 Å². The average molecular weight is 666 g/mol. The van der Waals surface area contributed by atoms with Crippen LogP contribution < -0.4 is 4.90 Å². The molecule has 2 heteroatoms. The Bertz CT molecular complexity index is 2810. The maximum absolute atomic E-state index is 2.44. The molecule has 1 nitrogen and oxygen atoms in total. The second-order valence-corrected chi connectivity index (χ2v) is 14.7. The minimum Gasteiger partial charge on any atom is -0.310 e. The quantitative estimate of drug-likeness (QED) is 0.181. The Kier molecular flexibility index (Phi) is 6.11. The van der Waals surface area contributed by atoms with E-state index in [1.54, 1.807) is 0 Å². The molecule has 2 aliphatic rings. The van der Waals surface area contributed by atoms with Gasteiger partial charge in [0, 0.05) is 26.3 Å². The van der Waals surface area contributed by atoms with Gasteiger partial charge in [-0.15, -0.1) is 11.3 Å². The highest BCUT2D eigenvalue weighted by Gasteiger charge is 2.53. The van der Waals surface area contributed by atoms with Crippen molar-refractivity contribution in [2.24, 2.45) is 0 Å². The molecule has 0 radical (unpaired) electrons. The van der Waals surface area contributed by atoms with Gasteiger partial charge in [-0.1, -0.05) is 146 Å². The van der Waals surface area contributed by atoms with Gasteiger partial charge in [-0.3, -0.25) is 0 Å². The molecule has 0 amide bonds. The largest absolute Gasteiger partial charge is 0.310 e. The Hall–Kier alpha value is -6.22. The van der Waals surface area contributed by atoms with Gasteiger partial charge in [0.25, 0.3) is 0 Å². The fraction of sp³-hybridized carbons (Fsp3) is 0.0204. The summed E-state index contributed by atoms with van der Waals surface area (Å²) in [7, 11) is 0. The SMILES string of the molecule is c1ccc(N(c2ccc(-c3ccc4c(c3)-c3ccccc3C43c4ccccc4-c4sc5ccccc5c43)cc2)c2cccc3ccccc23)cc1. The van der Waals surface area contributed by atoms with E-state index in [1.807, 2.05) is 11.3 Å². The van der Waals surface area contributed by atoms with E-state index in [4.69, 9.17) is 0 Å². The molecule has 9 aromatic rings. The molecule has 0 N–H and O–H groups in total. The third-order valence-electron chi connectivity index (χ3n) is 11.1. The Morgan fingerprint density at radius 3 is 1.86 bits per heavy atom. The van der Waals surface area contributed by atoms with Crippen LogP contribution in [0, 0.1) is 0 Å². The molecule has 2 aliphatic carbocycles. The lowest BCUT2D eigenvalue weighted by Crippen LogP contribution is -2.25. The van der Waals surface area contributed by atoms with Crippen molar-refractivity contribution in [1.29, 1.82) is 0 Å². The number of hydrogen-bond donors (Lipinski definition) is 0. The van der Waals surface area contributed by atoms with Gasteiger partial charge in [0.15, 0.2) is 0 Å². The van der Waals surface area contributed by atoms with Crippen LogP contribution in [0.4, 0.5) is 17.1 Å². The smallest absolute Gasteiger partial charge is 0.0740 e. The number of para-hydroxylation sites is 1. The predicted molar refractivity (Wildman–Crippen MR) is 216 cm³/mol. The third-order valence-corrected chi connectivity index (χ3v) is 12.3. The molecular formula is C49H31NS. The maximum Gasteiger partial charge on any atom is 0.0740 e. The normalized spacial score (nSPS) is 15.1. The van der Waals surface area contributed by atoms with Crippen molar-refractivity contribution in [3.8, 4) is 32.7 Å². The van der Waals surface area contributed by atoms with Crippen molar-refractivity contribution >= 4 is 49.3 Å². The first-order chi connectivity index (χ1) is 25.3. The number of fused-ring (bicyclic) bond motifs is 13. The molecule has 1 unspecified atom stereocenters. The van der Waals surface area contributed by atoms with E-state index >= 15 is 0 Å². The van der Waals surface area contributed by atoms with Gasteiger partial charge in [-0.25, -0.2) is 0 Å². The molecule has 238 valence electrons. The van der Waals surface area contributed by atoms with Gasteiger partial charge in [0.2, 0.25) is 0 Å². The van der Waals surface area contributed by atoms with Crippen molar-refractivity contribution < 1.29 is 0 Å². The van der Waals surface area contributed by atoms with E-state index in [-0.39, 0.29) is 5.41 Å². The summed E-state index contributed by atoms with van der Waals surface area (Å²) in [5, 5.41) is 3.83. The second-order valence-electron chi connectivity index (χ2n) is 13.6. The van der Waals surface area contributed by atoms with Crippen LogP contribution in [0.2, 0.25) is 0 Å². The first-order valence-corrected chi connectivity index (χ1v) is 18.4. The summed E-state index contributed by atoms with van der Waals surface area (Å²) >= 11 is 1.94. The average Bonchev–Trinajstić information content (AvgIpc) is 3.82. The summed E-state index contributed by atoms with van der Waals surface area (Å²) in [6.45, 7) is 0. The van der Waals surface area contributed by atoms with E-state index in [9.17, 15) is 0 Å². The number of hydrogen-bond acceptors (Lipinski definition) is 2. The van der Waals surface area contributed by atoms with Gasteiger partial charge in [0.05, 0.1) is 11.1 Å². The zero-order valence-electron chi connectivity index (χ0n) is 27.8. The standard InChI is InChI=1S/C49H31NS/c1-2-15-35(16-3-1)50(45-23-12-14-33-13-4-5-17-37(33)45)36-28-25-32(26-29-36)34-27-30-44-41(31-34)38-18-6-9-21-42(38)49(44)43-22-10-7-19-39(43)48-47(49)40-20-8-11-24-46(40)51-48/h1-31H. The highest BCUT2D eigenvalue weighted by molar-refractivity contribution is 7.22. The van der Waals surface area contributed by atoms with Crippen molar-refractivity contribution in [1.82, 2.24) is 0 Å². The minimum absolute atomic E-state index is 0.339. The number of benzene rings is 8. The lowest BCUT2D eigenvalue weighted by Gasteiger charge is -2.30. The maximum atomic E-state index is 2.44. The molecule has 1 heterocycles. The Morgan fingerprint density at radius 1 is 0.412 bits per heavy atom. The zero-order valence-corrected chi connectivity index (χ0v) is 28.6. The molecule has 0 bridgehead atoms. The monoisotopic (exact) mass is 665 g/mol. The van der Waals surface area contributed by atoms with Crippen LogP contribution in [0.5, 0.6) is 0 Å². The predicted octanol–water partition coefficient (Wildman–Crippen LogP) is 13.5. The summed E-state index contributed by atoms with van der Waals surface area (Å²) in [6, 6.07) is 69.4. The molecule has 1 spiro atoms. The highest BCUT2D eigenvalue weighted by Crippen LogP contribution is 2.66. The van der Waals surface area contributed by atoms with Crippen LogP contribution in [0.15, 0.2) is 188 Å². The van der Waals surface area contributed by atoms with Crippen molar-refractivity contribution in [3.63, 3.8) is 0 Å². The molecular weight excluding hydrogens is 635 g/mol. The van der Waals surface area contributed by atoms with E-state index in [2.05, 4.69) is 193 Å². The van der Waals surface area contributed by atoms with Gasteiger partial charge in [-0.05, 0) is 103 Å². The lowest BCUT2D eigenvalue weighted by atomic mass is 9.70. The molecule has 8 aromatic carbocycles. The van der Waals surface area contributed by atoms with E-state index < -0.39 is 0 Å². The van der Waals surface area contributed by atoms with E-state index in [0.717, 1.165) is 11.4 Å². The van der Waals surface area contributed by atoms with Crippen molar-refractivity contribution in [3.05, 3.63) is 210 Å². The fourth-order valence-corrected chi connectivity index (χ4v) is 10.3. The van der Waals surface area contributed by atoms with Gasteiger partial charge in [0.1, 0.15) is 0 Å². The molecule has 51 heavy (non-hydrogen) atoms. The van der Waals surface area contributed by atoms with Gasteiger partial charge >= 0.3 is 0 Å². The fourth-order valence-electron chi connectivity index (χ4n) is 8.98. The molecule has 1 atom stereocenters. The Morgan fingerprint density at radius 2 is 1.02 bits per heavy atom. The highest BCUT2D eigenvalue weighted by atomic mass is 32.1. The second kappa shape index (κ2) is 10.9. The molecule has 11 rings (SSSR count). The zero-order chi connectivity index (χ0) is 33.5. The molecule has 0 fully saturated rings. The van der Waals surface area contributed by atoms with E-state index in [0.29, 0.717) is 0 Å². The van der Waals surface area contributed by atoms with Crippen LogP contribution in [0.3, 0.4) is 0 Å². The Labute approximate surface area is 301 Å². The number of rotatable bonds is 4. The summed E-state index contributed by atoms with van der Waals surface area (Å²) in [5.41, 5.74) is 15.2. The first-order valence-electron chi connectivity index (χ1n) is 17.6. The lowest BCUT2D eigenvalue weighted by molar-refractivity contribution is 0.803. The molecule has 0 aliphatic heterocycles. The topological polar surface area (TPSA) is 3.24 Å². The van der Waals surface area contributed by atoms with Gasteiger partial charge < -0.3 is 4.90 Å². The molecule has 0 saturated carbocycles. The van der Waals surface area contributed by atoms with Gasteiger partial charge in [-0.2, -0.15) is 0 Å². The van der Waals surface area contributed by atoms with Crippen LogP contribution in [0.25, 0.3) is 53.6 Å². The van der Waals surface area contributed by atoms with Crippen LogP contribution in [-0.2, 0) is 5.41 Å². The first kappa shape index (κ1) is 28.6.